The van der Waals surface area contributed by atoms with Crippen molar-refractivity contribution in [3.05, 3.63) is 34.3 Å². The third-order valence-corrected chi connectivity index (χ3v) is 1.84. The van der Waals surface area contributed by atoms with Crippen LogP contribution in [0.2, 0.25) is 0 Å². The van der Waals surface area contributed by atoms with E-state index in [0.29, 0.717) is 0 Å². The van der Waals surface area contributed by atoms with E-state index in [2.05, 4.69) is 21.0 Å². The number of hydrogen-bond acceptors (Lipinski definition) is 2. The summed E-state index contributed by atoms with van der Waals surface area (Å²) in [4.78, 5) is 0. The fraction of sp³-hybridized carbons (Fsp3) is 0.222. The number of rotatable bonds is 2. The van der Waals surface area contributed by atoms with Crippen LogP contribution in [0.3, 0.4) is 0 Å². The normalized spacial score (nSPS) is 10.6. The van der Waals surface area contributed by atoms with Gasteiger partial charge in [-0.3, -0.25) is 0 Å². The Morgan fingerprint density at radius 1 is 1.25 bits per heavy atom. The summed E-state index contributed by atoms with van der Waals surface area (Å²) in [5, 5.41) is 5.88. The standard InChI is InChI=1S/C9H11BrN2/c1-12(2)11-7-8-3-5-9(10)6-4-8/h3-7H,1-2H3/b11-7+. The topological polar surface area (TPSA) is 15.6 Å². The van der Waals surface area contributed by atoms with Crippen LogP contribution in [0.25, 0.3) is 0 Å². The number of hydrogen-bond donors (Lipinski definition) is 0. The number of benzene rings is 1. The van der Waals surface area contributed by atoms with Gasteiger partial charge in [-0.1, -0.05) is 28.1 Å². The average Bonchev–Trinajstić information content (AvgIpc) is 2.03. The fourth-order valence-corrected chi connectivity index (χ4v) is 0.995. The maximum Gasteiger partial charge on any atom is 0.0542 e. The van der Waals surface area contributed by atoms with E-state index < -0.39 is 0 Å². The zero-order valence-corrected chi connectivity index (χ0v) is 8.75. The largest absolute Gasteiger partial charge is 0.303 e. The Bertz CT molecular complexity index is 264. The monoisotopic (exact) mass is 226 g/mol. The first-order valence-corrected chi connectivity index (χ1v) is 4.44. The lowest BCUT2D eigenvalue weighted by atomic mass is 10.2. The molecule has 64 valence electrons. The highest BCUT2D eigenvalue weighted by atomic mass is 79.9. The van der Waals surface area contributed by atoms with Crippen molar-refractivity contribution >= 4 is 22.1 Å². The maximum atomic E-state index is 4.12. The van der Waals surface area contributed by atoms with Crippen LogP contribution in [-0.2, 0) is 0 Å². The fourth-order valence-electron chi connectivity index (χ4n) is 0.731. The van der Waals surface area contributed by atoms with Crippen molar-refractivity contribution < 1.29 is 0 Å². The molecule has 12 heavy (non-hydrogen) atoms. The van der Waals surface area contributed by atoms with Gasteiger partial charge in [-0.2, -0.15) is 5.10 Å². The van der Waals surface area contributed by atoms with Gasteiger partial charge >= 0.3 is 0 Å². The van der Waals surface area contributed by atoms with Gasteiger partial charge < -0.3 is 5.01 Å². The summed E-state index contributed by atoms with van der Waals surface area (Å²) in [5.74, 6) is 0. The molecule has 1 rings (SSSR count). The number of halogens is 1. The molecule has 0 atom stereocenters. The molecular formula is C9H11BrN2. The summed E-state index contributed by atoms with van der Waals surface area (Å²) in [6.07, 6.45) is 1.83. The van der Waals surface area contributed by atoms with Crippen molar-refractivity contribution in [3.63, 3.8) is 0 Å². The summed E-state index contributed by atoms with van der Waals surface area (Å²) in [6, 6.07) is 8.02. The molecule has 1 aromatic carbocycles. The Hall–Kier alpha value is -0.830. The SMILES string of the molecule is CN(C)/N=C/c1ccc(Br)cc1. The molecule has 0 N–H and O–H groups in total. The second-order valence-electron chi connectivity index (χ2n) is 2.64. The summed E-state index contributed by atoms with van der Waals surface area (Å²) in [7, 11) is 3.80. The van der Waals surface area contributed by atoms with Crippen LogP contribution in [0.5, 0.6) is 0 Å². The van der Waals surface area contributed by atoms with Gasteiger partial charge in [0.1, 0.15) is 0 Å². The van der Waals surface area contributed by atoms with Crippen LogP contribution in [0.15, 0.2) is 33.8 Å². The molecule has 0 fully saturated rings. The Kier molecular flexibility index (Phi) is 3.29. The van der Waals surface area contributed by atoms with Crippen LogP contribution < -0.4 is 0 Å². The van der Waals surface area contributed by atoms with Crippen molar-refractivity contribution in [3.8, 4) is 0 Å². The predicted octanol–water partition coefficient (Wildman–Crippen LogP) is 2.34. The molecule has 1 aromatic rings. The lowest BCUT2D eigenvalue weighted by Gasteiger charge is -2.01. The molecule has 0 aliphatic carbocycles. The minimum atomic E-state index is 1.09. The molecule has 0 radical (unpaired) electrons. The van der Waals surface area contributed by atoms with E-state index >= 15 is 0 Å². The van der Waals surface area contributed by atoms with Crippen molar-refractivity contribution in [1.82, 2.24) is 5.01 Å². The molecule has 0 amide bonds. The number of hydrazone groups is 1. The van der Waals surface area contributed by atoms with Crippen LogP contribution >= 0.6 is 15.9 Å². The molecule has 0 bridgehead atoms. The first-order valence-electron chi connectivity index (χ1n) is 3.65. The lowest BCUT2D eigenvalue weighted by Crippen LogP contribution is -2.01. The van der Waals surface area contributed by atoms with Gasteiger partial charge in [-0.05, 0) is 17.7 Å². The summed E-state index contributed by atoms with van der Waals surface area (Å²) >= 11 is 3.37. The second kappa shape index (κ2) is 4.26. The summed E-state index contributed by atoms with van der Waals surface area (Å²) in [5.41, 5.74) is 1.10. The first kappa shape index (κ1) is 9.26. The highest BCUT2D eigenvalue weighted by molar-refractivity contribution is 9.10. The van der Waals surface area contributed by atoms with E-state index in [9.17, 15) is 0 Å². The molecule has 0 unspecified atom stereocenters. The molecular weight excluding hydrogens is 216 g/mol. The van der Waals surface area contributed by atoms with E-state index in [1.54, 1.807) is 5.01 Å². The van der Waals surface area contributed by atoms with E-state index in [1.165, 1.54) is 0 Å². The van der Waals surface area contributed by atoms with Crippen LogP contribution in [0.1, 0.15) is 5.56 Å². The minimum absolute atomic E-state index is 1.09. The van der Waals surface area contributed by atoms with Crippen LogP contribution in [0.4, 0.5) is 0 Å². The van der Waals surface area contributed by atoms with E-state index in [0.717, 1.165) is 10.0 Å². The molecule has 0 spiro atoms. The van der Waals surface area contributed by atoms with Crippen LogP contribution in [-0.4, -0.2) is 25.3 Å². The van der Waals surface area contributed by atoms with Gasteiger partial charge in [0, 0.05) is 18.6 Å². The van der Waals surface area contributed by atoms with Crippen molar-refractivity contribution in [2.45, 2.75) is 0 Å². The summed E-state index contributed by atoms with van der Waals surface area (Å²) in [6.45, 7) is 0. The van der Waals surface area contributed by atoms with Gasteiger partial charge in [0.05, 0.1) is 6.21 Å². The molecule has 0 saturated carbocycles. The highest BCUT2D eigenvalue weighted by Crippen LogP contribution is 2.08. The molecule has 0 aromatic heterocycles. The van der Waals surface area contributed by atoms with Gasteiger partial charge in [0.2, 0.25) is 0 Å². The average molecular weight is 227 g/mol. The maximum absolute atomic E-state index is 4.12. The second-order valence-corrected chi connectivity index (χ2v) is 3.56. The molecule has 0 aliphatic rings. The Morgan fingerprint density at radius 3 is 2.33 bits per heavy atom. The van der Waals surface area contributed by atoms with Gasteiger partial charge in [0.15, 0.2) is 0 Å². The number of nitrogens with zero attached hydrogens (tertiary/aromatic N) is 2. The smallest absolute Gasteiger partial charge is 0.0542 e. The van der Waals surface area contributed by atoms with E-state index in [1.807, 2.05) is 44.6 Å². The van der Waals surface area contributed by atoms with Gasteiger partial charge in [-0.25, -0.2) is 0 Å². The zero-order chi connectivity index (χ0) is 8.97. The Morgan fingerprint density at radius 2 is 1.83 bits per heavy atom. The molecule has 0 aliphatic heterocycles. The third-order valence-electron chi connectivity index (χ3n) is 1.31. The molecule has 2 nitrogen and oxygen atoms in total. The van der Waals surface area contributed by atoms with Crippen molar-refractivity contribution in [1.29, 1.82) is 0 Å². The molecule has 3 heteroatoms. The molecule has 0 saturated heterocycles. The van der Waals surface area contributed by atoms with Crippen LogP contribution in [0, 0.1) is 0 Å². The Balaban J connectivity index is 2.71. The predicted molar refractivity (Wildman–Crippen MR) is 55.4 cm³/mol. The van der Waals surface area contributed by atoms with Gasteiger partial charge in [-0.15, -0.1) is 0 Å². The third kappa shape index (κ3) is 3.05. The molecule has 0 heterocycles. The first-order chi connectivity index (χ1) is 5.68. The van der Waals surface area contributed by atoms with E-state index in [4.69, 9.17) is 0 Å². The highest BCUT2D eigenvalue weighted by Gasteiger charge is 1.87. The summed E-state index contributed by atoms with van der Waals surface area (Å²) < 4.78 is 1.09. The van der Waals surface area contributed by atoms with E-state index in [-0.39, 0.29) is 0 Å². The van der Waals surface area contributed by atoms with Gasteiger partial charge in [0.25, 0.3) is 0 Å². The van der Waals surface area contributed by atoms with Crippen molar-refractivity contribution in [2.24, 2.45) is 5.10 Å². The van der Waals surface area contributed by atoms with Crippen molar-refractivity contribution in [2.75, 3.05) is 14.1 Å². The zero-order valence-electron chi connectivity index (χ0n) is 7.16. The Labute approximate surface area is 81.0 Å². The minimum Gasteiger partial charge on any atom is -0.303 e. The quantitative estimate of drug-likeness (QED) is 0.559. The lowest BCUT2D eigenvalue weighted by molar-refractivity contribution is 0.440.